The van der Waals surface area contributed by atoms with Gasteiger partial charge < -0.3 is 5.21 Å². The highest BCUT2D eigenvalue weighted by atomic mass is 35.5. The van der Waals surface area contributed by atoms with Crippen LogP contribution in [-0.2, 0) is 0 Å². The molecule has 1 N–H and O–H groups in total. The van der Waals surface area contributed by atoms with Crippen LogP contribution in [0.5, 0.6) is 0 Å². The first-order chi connectivity index (χ1) is 5.27. The highest BCUT2D eigenvalue weighted by Gasteiger charge is 2.05. The van der Waals surface area contributed by atoms with Crippen LogP contribution in [0.1, 0.15) is 4.88 Å². The molecular formula is C6H3ClN2OS. The SMILES string of the molecule is N#CC(=NO)c1ccc(Cl)s1. The van der Waals surface area contributed by atoms with Crippen LogP contribution in [0, 0.1) is 11.3 Å². The lowest BCUT2D eigenvalue weighted by atomic mass is 10.3. The maximum atomic E-state index is 8.41. The molecule has 0 saturated heterocycles. The number of halogens is 1. The molecule has 0 aliphatic heterocycles. The number of nitrogens with zero attached hydrogens (tertiary/aromatic N) is 2. The summed E-state index contributed by atoms with van der Waals surface area (Å²) in [6.07, 6.45) is 0. The zero-order chi connectivity index (χ0) is 8.27. The third kappa shape index (κ3) is 1.70. The molecule has 0 saturated carbocycles. The molecule has 0 spiro atoms. The lowest BCUT2D eigenvalue weighted by Crippen LogP contribution is -1.91. The third-order valence-corrected chi connectivity index (χ3v) is 2.25. The van der Waals surface area contributed by atoms with Crippen molar-refractivity contribution in [3.63, 3.8) is 0 Å². The van der Waals surface area contributed by atoms with Crippen LogP contribution < -0.4 is 0 Å². The second-order valence-electron chi connectivity index (χ2n) is 1.66. The van der Waals surface area contributed by atoms with Crippen molar-refractivity contribution in [1.29, 1.82) is 5.26 Å². The fourth-order valence-electron chi connectivity index (χ4n) is 0.568. The molecule has 0 radical (unpaired) electrons. The first-order valence-electron chi connectivity index (χ1n) is 2.66. The van der Waals surface area contributed by atoms with Gasteiger partial charge in [0.15, 0.2) is 5.71 Å². The third-order valence-electron chi connectivity index (χ3n) is 1.01. The van der Waals surface area contributed by atoms with Gasteiger partial charge in [0, 0.05) is 0 Å². The van der Waals surface area contributed by atoms with E-state index in [9.17, 15) is 0 Å². The van der Waals surface area contributed by atoms with Gasteiger partial charge in [-0.3, -0.25) is 0 Å². The van der Waals surface area contributed by atoms with Gasteiger partial charge in [0.1, 0.15) is 6.07 Å². The van der Waals surface area contributed by atoms with Crippen molar-refractivity contribution in [2.24, 2.45) is 5.16 Å². The molecule has 0 unspecified atom stereocenters. The molecule has 0 fully saturated rings. The zero-order valence-electron chi connectivity index (χ0n) is 5.28. The average Bonchev–Trinajstić information content (AvgIpc) is 2.39. The Kier molecular flexibility index (Phi) is 2.47. The standard InChI is InChI=1S/C6H3ClN2OS/c7-6-2-1-5(11-6)4(3-8)9-10/h1-2,10H. The normalized spacial score (nSPS) is 11.1. The molecule has 1 aromatic heterocycles. The molecule has 1 rings (SSSR count). The summed E-state index contributed by atoms with van der Waals surface area (Å²) in [5, 5.41) is 19.5. The van der Waals surface area contributed by atoms with E-state index in [-0.39, 0.29) is 5.71 Å². The summed E-state index contributed by atoms with van der Waals surface area (Å²) in [7, 11) is 0. The van der Waals surface area contributed by atoms with E-state index in [1.165, 1.54) is 11.3 Å². The van der Waals surface area contributed by atoms with Gasteiger partial charge in [0.05, 0.1) is 9.21 Å². The monoisotopic (exact) mass is 186 g/mol. The van der Waals surface area contributed by atoms with E-state index >= 15 is 0 Å². The summed E-state index contributed by atoms with van der Waals surface area (Å²) in [5.41, 5.74) is -0.0121. The van der Waals surface area contributed by atoms with Crippen LogP contribution >= 0.6 is 22.9 Å². The largest absolute Gasteiger partial charge is 0.410 e. The Bertz CT molecular complexity index is 326. The molecule has 0 aliphatic rings. The van der Waals surface area contributed by atoms with Gasteiger partial charge in [-0.05, 0) is 12.1 Å². The van der Waals surface area contributed by atoms with Gasteiger partial charge >= 0.3 is 0 Å². The van der Waals surface area contributed by atoms with E-state index in [1.54, 1.807) is 18.2 Å². The molecule has 1 aromatic rings. The smallest absolute Gasteiger partial charge is 0.196 e. The van der Waals surface area contributed by atoms with Crippen LogP contribution in [0.25, 0.3) is 0 Å². The minimum Gasteiger partial charge on any atom is -0.410 e. The zero-order valence-corrected chi connectivity index (χ0v) is 6.85. The molecule has 0 amide bonds. The minimum atomic E-state index is -0.0121. The topological polar surface area (TPSA) is 56.4 Å². The van der Waals surface area contributed by atoms with Crippen LogP contribution in [0.4, 0.5) is 0 Å². The molecule has 56 valence electrons. The number of rotatable bonds is 1. The summed E-state index contributed by atoms with van der Waals surface area (Å²) in [5.74, 6) is 0. The fourth-order valence-corrected chi connectivity index (χ4v) is 1.55. The van der Waals surface area contributed by atoms with Gasteiger partial charge in [-0.1, -0.05) is 16.8 Å². The van der Waals surface area contributed by atoms with E-state index in [0.29, 0.717) is 9.21 Å². The van der Waals surface area contributed by atoms with Crippen LogP contribution in [-0.4, -0.2) is 10.9 Å². The second kappa shape index (κ2) is 3.37. The molecule has 0 aromatic carbocycles. The Labute approximate surface area is 72.1 Å². The number of hydrogen-bond acceptors (Lipinski definition) is 4. The van der Waals surface area contributed by atoms with Crippen molar-refractivity contribution in [3.8, 4) is 6.07 Å². The Morgan fingerprint density at radius 1 is 1.73 bits per heavy atom. The molecular weight excluding hydrogens is 184 g/mol. The molecule has 0 aliphatic carbocycles. The van der Waals surface area contributed by atoms with E-state index in [4.69, 9.17) is 22.1 Å². The molecule has 11 heavy (non-hydrogen) atoms. The van der Waals surface area contributed by atoms with Gasteiger partial charge in [-0.2, -0.15) is 5.26 Å². The Hall–Kier alpha value is -1.05. The highest BCUT2D eigenvalue weighted by Crippen LogP contribution is 2.21. The van der Waals surface area contributed by atoms with Crippen molar-refractivity contribution in [2.45, 2.75) is 0 Å². The molecule has 3 nitrogen and oxygen atoms in total. The fraction of sp³-hybridized carbons (Fsp3) is 0. The van der Waals surface area contributed by atoms with Crippen molar-refractivity contribution in [1.82, 2.24) is 0 Å². The Morgan fingerprint density at radius 2 is 2.45 bits per heavy atom. The van der Waals surface area contributed by atoms with Crippen LogP contribution in [0.3, 0.4) is 0 Å². The van der Waals surface area contributed by atoms with Crippen LogP contribution in [0.2, 0.25) is 4.34 Å². The Balaban J connectivity index is 3.03. The van der Waals surface area contributed by atoms with E-state index < -0.39 is 0 Å². The van der Waals surface area contributed by atoms with Gasteiger partial charge in [0.2, 0.25) is 0 Å². The lowest BCUT2D eigenvalue weighted by Gasteiger charge is -1.84. The molecule has 1 heterocycles. The molecule has 0 bridgehead atoms. The first kappa shape index (κ1) is 8.05. The van der Waals surface area contributed by atoms with Gasteiger partial charge in [-0.25, -0.2) is 0 Å². The van der Waals surface area contributed by atoms with E-state index in [0.717, 1.165) is 0 Å². The average molecular weight is 187 g/mol. The number of oxime groups is 1. The van der Waals surface area contributed by atoms with Gasteiger partial charge in [-0.15, -0.1) is 11.3 Å². The molecule has 0 atom stereocenters. The quantitative estimate of drug-likeness (QED) is 0.415. The van der Waals surface area contributed by atoms with Crippen molar-refractivity contribution >= 4 is 28.6 Å². The summed E-state index contributed by atoms with van der Waals surface area (Å²) in [6.45, 7) is 0. The maximum absolute atomic E-state index is 8.41. The summed E-state index contributed by atoms with van der Waals surface area (Å²) >= 11 is 6.79. The first-order valence-corrected chi connectivity index (χ1v) is 3.85. The van der Waals surface area contributed by atoms with Crippen molar-refractivity contribution in [3.05, 3.63) is 21.3 Å². The number of hydrogen-bond donors (Lipinski definition) is 1. The van der Waals surface area contributed by atoms with Crippen molar-refractivity contribution in [2.75, 3.05) is 0 Å². The summed E-state index contributed by atoms with van der Waals surface area (Å²) < 4.78 is 0.566. The van der Waals surface area contributed by atoms with Crippen molar-refractivity contribution < 1.29 is 5.21 Å². The van der Waals surface area contributed by atoms with Crippen LogP contribution in [0.15, 0.2) is 17.3 Å². The molecule has 5 heteroatoms. The minimum absolute atomic E-state index is 0.0121. The lowest BCUT2D eigenvalue weighted by molar-refractivity contribution is 0.320. The van der Waals surface area contributed by atoms with Gasteiger partial charge in [0.25, 0.3) is 0 Å². The second-order valence-corrected chi connectivity index (χ2v) is 3.38. The Morgan fingerprint density at radius 3 is 2.82 bits per heavy atom. The predicted molar refractivity (Wildman–Crippen MR) is 43.3 cm³/mol. The number of thiophene rings is 1. The predicted octanol–water partition coefficient (Wildman–Crippen LogP) is 2.10. The van der Waals surface area contributed by atoms with E-state index in [2.05, 4.69) is 5.16 Å². The van der Waals surface area contributed by atoms with E-state index in [1.807, 2.05) is 0 Å². The highest BCUT2D eigenvalue weighted by molar-refractivity contribution is 7.18. The maximum Gasteiger partial charge on any atom is 0.196 e. The summed E-state index contributed by atoms with van der Waals surface area (Å²) in [6, 6.07) is 5.01. The number of nitriles is 1. The summed E-state index contributed by atoms with van der Waals surface area (Å²) in [4.78, 5) is 0.569.